The van der Waals surface area contributed by atoms with Crippen LogP contribution in [0.3, 0.4) is 0 Å². The number of benzene rings is 2. The molecule has 0 saturated heterocycles. The van der Waals surface area contributed by atoms with Gasteiger partial charge >= 0.3 is 0 Å². The average Bonchev–Trinajstić information content (AvgIpc) is 3.08. The lowest BCUT2D eigenvalue weighted by Gasteiger charge is -2.22. The Kier molecular flexibility index (Phi) is 7.06. The summed E-state index contributed by atoms with van der Waals surface area (Å²) in [5.74, 6) is 1.10. The second-order valence-electron chi connectivity index (χ2n) is 7.33. The number of imidazole rings is 1. The molecule has 0 unspecified atom stereocenters. The van der Waals surface area contributed by atoms with Crippen molar-refractivity contribution in [3.63, 3.8) is 0 Å². The quantitative estimate of drug-likeness (QED) is 0.591. The minimum absolute atomic E-state index is 0.0330. The van der Waals surface area contributed by atoms with Crippen molar-refractivity contribution in [3.8, 4) is 5.75 Å². The molecule has 0 saturated carbocycles. The first kappa shape index (κ1) is 21.4. The van der Waals surface area contributed by atoms with Gasteiger partial charge in [0.15, 0.2) is 0 Å². The number of carbonyl (C=O) groups is 2. The molecule has 0 aliphatic heterocycles. The predicted molar refractivity (Wildman–Crippen MR) is 116 cm³/mol. The number of nitrogens with one attached hydrogen (secondary N) is 1. The normalized spacial score (nSPS) is 10.9. The molecule has 2 aromatic carbocycles. The molecule has 0 aliphatic carbocycles. The minimum atomic E-state index is -0.164. The maximum absolute atomic E-state index is 13.0. The molecule has 1 aromatic heterocycles. The summed E-state index contributed by atoms with van der Waals surface area (Å²) in [4.78, 5) is 31.3. The standard InChI is InChI=1S/C23H28N4O3/c1-4-26(14-22(28)24-17(2)3)23(29)15-27-20-13-9-8-12-19(20)25-21(27)16-30-18-10-6-5-7-11-18/h5-13,17H,4,14-16H2,1-3H3,(H,24,28). The zero-order chi connectivity index (χ0) is 21.5. The average molecular weight is 409 g/mol. The fraction of sp³-hybridized carbons (Fsp3) is 0.348. The Bertz CT molecular complexity index is 998. The van der Waals surface area contributed by atoms with Gasteiger partial charge in [-0.15, -0.1) is 0 Å². The van der Waals surface area contributed by atoms with Crippen LogP contribution in [0.5, 0.6) is 5.75 Å². The Morgan fingerprint density at radius 3 is 2.50 bits per heavy atom. The molecule has 158 valence electrons. The maximum Gasteiger partial charge on any atom is 0.243 e. The lowest BCUT2D eigenvalue weighted by Crippen LogP contribution is -2.43. The first-order valence-electron chi connectivity index (χ1n) is 10.2. The molecule has 7 heteroatoms. The van der Waals surface area contributed by atoms with Crippen molar-refractivity contribution in [3.05, 3.63) is 60.4 Å². The van der Waals surface area contributed by atoms with Crippen LogP contribution in [0, 0.1) is 0 Å². The van der Waals surface area contributed by atoms with Crippen LogP contribution in [0.25, 0.3) is 11.0 Å². The largest absolute Gasteiger partial charge is 0.486 e. The third-order valence-corrected chi connectivity index (χ3v) is 4.66. The highest BCUT2D eigenvalue weighted by atomic mass is 16.5. The Balaban J connectivity index is 1.79. The highest BCUT2D eigenvalue weighted by Crippen LogP contribution is 2.18. The number of hydrogen-bond donors (Lipinski definition) is 1. The highest BCUT2D eigenvalue weighted by molar-refractivity contribution is 5.86. The van der Waals surface area contributed by atoms with E-state index in [9.17, 15) is 9.59 Å². The molecule has 0 atom stereocenters. The van der Waals surface area contributed by atoms with Crippen molar-refractivity contribution in [1.82, 2.24) is 19.8 Å². The maximum atomic E-state index is 13.0. The predicted octanol–water partition coefficient (Wildman–Crippen LogP) is 2.99. The molecule has 0 bridgehead atoms. The van der Waals surface area contributed by atoms with Crippen molar-refractivity contribution in [2.24, 2.45) is 0 Å². The summed E-state index contributed by atoms with van der Waals surface area (Å²) in [5, 5.41) is 2.83. The van der Waals surface area contributed by atoms with E-state index in [1.807, 2.05) is 79.9 Å². The van der Waals surface area contributed by atoms with E-state index in [0.29, 0.717) is 12.4 Å². The van der Waals surface area contributed by atoms with Crippen molar-refractivity contribution in [2.75, 3.05) is 13.1 Å². The molecule has 0 fully saturated rings. The summed E-state index contributed by atoms with van der Waals surface area (Å²) in [6.45, 7) is 6.48. The summed E-state index contributed by atoms with van der Waals surface area (Å²) in [5.41, 5.74) is 1.66. The highest BCUT2D eigenvalue weighted by Gasteiger charge is 2.20. The summed E-state index contributed by atoms with van der Waals surface area (Å²) in [7, 11) is 0. The molecule has 7 nitrogen and oxygen atoms in total. The zero-order valence-electron chi connectivity index (χ0n) is 17.7. The van der Waals surface area contributed by atoms with E-state index < -0.39 is 0 Å². The van der Waals surface area contributed by atoms with E-state index in [4.69, 9.17) is 4.74 Å². The van der Waals surface area contributed by atoms with Crippen LogP contribution in [0.15, 0.2) is 54.6 Å². The topological polar surface area (TPSA) is 76.5 Å². The SMILES string of the molecule is CCN(CC(=O)NC(C)C)C(=O)Cn1c(COc2ccccc2)nc2ccccc21. The van der Waals surface area contributed by atoms with Crippen molar-refractivity contribution in [2.45, 2.75) is 40.0 Å². The van der Waals surface area contributed by atoms with E-state index in [-0.39, 0.29) is 37.6 Å². The van der Waals surface area contributed by atoms with Gasteiger partial charge in [0.2, 0.25) is 11.8 Å². The fourth-order valence-electron chi connectivity index (χ4n) is 3.23. The lowest BCUT2D eigenvalue weighted by molar-refractivity contribution is -0.136. The molecular formula is C23H28N4O3. The summed E-state index contributed by atoms with van der Waals surface area (Å²) < 4.78 is 7.73. The van der Waals surface area contributed by atoms with E-state index in [1.165, 1.54) is 0 Å². The summed E-state index contributed by atoms with van der Waals surface area (Å²) in [6, 6.07) is 17.2. The Labute approximate surface area is 176 Å². The number of ether oxygens (including phenoxy) is 1. The first-order chi connectivity index (χ1) is 14.5. The van der Waals surface area contributed by atoms with Gasteiger partial charge in [0, 0.05) is 12.6 Å². The number of rotatable bonds is 9. The van der Waals surface area contributed by atoms with Gasteiger partial charge in [-0.1, -0.05) is 30.3 Å². The van der Waals surface area contributed by atoms with E-state index in [2.05, 4.69) is 10.3 Å². The fourth-order valence-corrected chi connectivity index (χ4v) is 3.23. The first-order valence-corrected chi connectivity index (χ1v) is 10.2. The number of likely N-dealkylation sites (N-methyl/N-ethyl adjacent to an activating group) is 1. The Hall–Kier alpha value is -3.35. The third kappa shape index (κ3) is 5.37. The Morgan fingerprint density at radius 2 is 1.80 bits per heavy atom. The van der Waals surface area contributed by atoms with Crippen molar-refractivity contribution < 1.29 is 14.3 Å². The second kappa shape index (κ2) is 9.91. The van der Waals surface area contributed by atoms with Gasteiger partial charge in [0.05, 0.1) is 17.6 Å². The van der Waals surface area contributed by atoms with Gasteiger partial charge < -0.3 is 19.5 Å². The van der Waals surface area contributed by atoms with E-state index >= 15 is 0 Å². The van der Waals surface area contributed by atoms with Gasteiger partial charge in [-0.3, -0.25) is 9.59 Å². The van der Waals surface area contributed by atoms with E-state index in [0.717, 1.165) is 16.8 Å². The second-order valence-corrected chi connectivity index (χ2v) is 7.33. The number of hydrogen-bond acceptors (Lipinski definition) is 4. The van der Waals surface area contributed by atoms with Crippen LogP contribution < -0.4 is 10.1 Å². The van der Waals surface area contributed by atoms with E-state index in [1.54, 1.807) is 4.90 Å². The molecule has 0 radical (unpaired) electrons. The van der Waals surface area contributed by atoms with Gasteiger partial charge in [-0.05, 0) is 45.0 Å². The molecule has 3 rings (SSSR count). The Morgan fingerprint density at radius 1 is 1.10 bits per heavy atom. The zero-order valence-corrected chi connectivity index (χ0v) is 17.7. The molecule has 3 aromatic rings. The molecule has 0 spiro atoms. The number of amides is 2. The van der Waals surface area contributed by atoms with Crippen LogP contribution >= 0.6 is 0 Å². The van der Waals surface area contributed by atoms with Crippen molar-refractivity contribution >= 4 is 22.8 Å². The van der Waals surface area contributed by atoms with Crippen LogP contribution in [-0.4, -0.2) is 45.4 Å². The number of fused-ring (bicyclic) bond motifs is 1. The third-order valence-electron chi connectivity index (χ3n) is 4.66. The monoisotopic (exact) mass is 408 g/mol. The summed E-state index contributed by atoms with van der Waals surface area (Å²) >= 11 is 0. The number of para-hydroxylation sites is 3. The van der Waals surface area contributed by atoms with Gasteiger partial charge in [0.25, 0.3) is 0 Å². The van der Waals surface area contributed by atoms with Crippen LogP contribution in [0.2, 0.25) is 0 Å². The number of aromatic nitrogens is 2. The van der Waals surface area contributed by atoms with Crippen LogP contribution in [0.1, 0.15) is 26.6 Å². The van der Waals surface area contributed by atoms with Gasteiger partial charge in [-0.2, -0.15) is 0 Å². The number of carbonyl (C=O) groups excluding carboxylic acids is 2. The van der Waals surface area contributed by atoms with Crippen LogP contribution in [0.4, 0.5) is 0 Å². The van der Waals surface area contributed by atoms with Gasteiger partial charge in [0.1, 0.15) is 24.7 Å². The number of nitrogens with zero attached hydrogens (tertiary/aromatic N) is 3. The molecule has 1 heterocycles. The van der Waals surface area contributed by atoms with Gasteiger partial charge in [-0.25, -0.2) is 4.98 Å². The molecule has 0 aliphatic rings. The lowest BCUT2D eigenvalue weighted by atomic mass is 10.3. The molecule has 2 amide bonds. The minimum Gasteiger partial charge on any atom is -0.486 e. The molecule has 1 N–H and O–H groups in total. The van der Waals surface area contributed by atoms with Crippen LogP contribution in [-0.2, 0) is 22.7 Å². The summed E-state index contributed by atoms with van der Waals surface area (Å²) in [6.07, 6.45) is 0. The van der Waals surface area contributed by atoms with Crippen molar-refractivity contribution in [1.29, 1.82) is 0 Å². The molecular weight excluding hydrogens is 380 g/mol. The smallest absolute Gasteiger partial charge is 0.243 e. The molecule has 30 heavy (non-hydrogen) atoms.